The highest BCUT2D eigenvalue weighted by atomic mass is 35.5. The largest absolute Gasteiger partial charge is 0.379 e. The van der Waals surface area contributed by atoms with Gasteiger partial charge in [-0.15, -0.1) is 0 Å². The van der Waals surface area contributed by atoms with Crippen molar-refractivity contribution in [3.05, 3.63) is 62.1 Å². The molecule has 0 amide bonds. The Morgan fingerprint density at radius 2 is 1.82 bits per heavy atom. The number of hydrogen-bond acceptors (Lipinski definition) is 5. The molecule has 0 saturated carbocycles. The molecule has 22 heavy (non-hydrogen) atoms. The highest BCUT2D eigenvalue weighted by molar-refractivity contribution is 7.87. The van der Waals surface area contributed by atoms with E-state index in [1.807, 2.05) is 0 Å². The second-order valence-corrected chi connectivity index (χ2v) is 6.59. The van der Waals surface area contributed by atoms with E-state index in [2.05, 4.69) is 0 Å². The summed E-state index contributed by atoms with van der Waals surface area (Å²) in [4.78, 5) is 9.74. The summed E-state index contributed by atoms with van der Waals surface area (Å²) in [5, 5.41) is 11.4. The average molecular weight is 362 g/mol. The van der Waals surface area contributed by atoms with Crippen LogP contribution >= 0.6 is 23.2 Å². The normalized spacial score (nSPS) is 11.2. The van der Waals surface area contributed by atoms with Gasteiger partial charge in [0.1, 0.15) is 5.75 Å². The van der Waals surface area contributed by atoms with Crippen molar-refractivity contribution in [1.29, 1.82) is 0 Å². The molecule has 0 aliphatic carbocycles. The van der Waals surface area contributed by atoms with Gasteiger partial charge in [-0.2, -0.15) is 8.42 Å². The number of aryl methyl sites for hydroxylation is 1. The maximum Gasteiger partial charge on any atom is 0.346 e. The van der Waals surface area contributed by atoms with Gasteiger partial charge in [-0.05, 0) is 24.6 Å². The third-order valence-corrected chi connectivity index (χ3v) is 4.92. The van der Waals surface area contributed by atoms with Crippen LogP contribution in [0.4, 0.5) is 5.69 Å². The summed E-state index contributed by atoms with van der Waals surface area (Å²) in [6.07, 6.45) is 0. The van der Waals surface area contributed by atoms with Crippen molar-refractivity contribution in [3.8, 4) is 5.75 Å². The molecule has 2 aromatic rings. The van der Waals surface area contributed by atoms with Crippen LogP contribution in [0.3, 0.4) is 0 Å². The van der Waals surface area contributed by atoms with E-state index in [1.54, 1.807) is 0 Å². The third kappa shape index (κ3) is 3.32. The van der Waals surface area contributed by atoms with Crippen molar-refractivity contribution < 1.29 is 17.5 Å². The van der Waals surface area contributed by atoms with Crippen molar-refractivity contribution in [2.45, 2.75) is 11.8 Å². The Kier molecular flexibility index (Phi) is 4.60. The lowest BCUT2D eigenvalue weighted by Crippen LogP contribution is -2.13. The minimum Gasteiger partial charge on any atom is -0.379 e. The van der Waals surface area contributed by atoms with Crippen LogP contribution in [0, 0.1) is 17.0 Å². The lowest BCUT2D eigenvalue weighted by molar-refractivity contribution is -0.388. The van der Waals surface area contributed by atoms with Crippen LogP contribution < -0.4 is 4.18 Å². The van der Waals surface area contributed by atoms with E-state index in [4.69, 9.17) is 27.4 Å². The van der Waals surface area contributed by atoms with E-state index in [0.29, 0.717) is 0 Å². The van der Waals surface area contributed by atoms with Gasteiger partial charge in [0.2, 0.25) is 0 Å². The topological polar surface area (TPSA) is 86.5 Å². The van der Waals surface area contributed by atoms with Crippen LogP contribution in [0.5, 0.6) is 5.75 Å². The van der Waals surface area contributed by atoms with E-state index in [1.165, 1.54) is 37.3 Å². The van der Waals surface area contributed by atoms with Crippen LogP contribution in [-0.2, 0) is 10.1 Å². The standard InChI is InChI=1S/C13H9Cl2NO5S/c1-8-3-2-4-12(16(17)18)13(8)22(19,20)21-9-5-6-10(14)11(15)7-9/h2-7H,1H3. The molecule has 2 rings (SSSR count). The molecule has 0 spiro atoms. The molecule has 0 aliphatic rings. The van der Waals surface area contributed by atoms with Crippen LogP contribution in [-0.4, -0.2) is 13.3 Å². The number of halogens is 2. The Labute approximate surface area is 136 Å². The van der Waals surface area contributed by atoms with E-state index < -0.39 is 25.6 Å². The summed E-state index contributed by atoms with van der Waals surface area (Å²) in [6.45, 7) is 1.44. The van der Waals surface area contributed by atoms with E-state index >= 15 is 0 Å². The maximum atomic E-state index is 12.3. The molecule has 0 heterocycles. The fourth-order valence-electron chi connectivity index (χ4n) is 1.80. The predicted octanol–water partition coefficient (Wildman–Crippen LogP) is 3.98. The highest BCUT2D eigenvalue weighted by Crippen LogP contribution is 2.32. The number of nitro benzene ring substituents is 1. The fourth-order valence-corrected chi connectivity index (χ4v) is 3.39. The van der Waals surface area contributed by atoms with Crippen molar-refractivity contribution >= 4 is 39.0 Å². The Morgan fingerprint density at radius 1 is 1.14 bits per heavy atom. The number of nitrogens with zero attached hydrogens (tertiary/aromatic N) is 1. The number of benzene rings is 2. The number of rotatable bonds is 4. The fraction of sp³-hybridized carbons (Fsp3) is 0.0769. The van der Waals surface area contributed by atoms with Gasteiger partial charge in [0, 0.05) is 12.1 Å². The summed E-state index contributed by atoms with van der Waals surface area (Å²) in [7, 11) is -4.39. The monoisotopic (exact) mass is 361 g/mol. The molecule has 0 bridgehead atoms. The van der Waals surface area contributed by atoms with Crippen molar-refractivity contribution in [3.63, 3.8) is 0 Å². The van der Waals surface area contributed by atoms with Gasteiger partial charge in [-0.1, -0.05) is 35.3 Å². The van der Waals surface area contributed by atoms with Gasteiger partial charge in [0.15, 0.2) is 4.90 Å². The van der Waals surface area contributed by atoms with Gasteiger partial charge >= 0.3 is 10.1 Å². The Hall–Kier alpha value is -1.83. The molecule has 0 aromatic heterocycles. The molecule has 9 heteroatoms. The molecular weight excluding hydrogens is 353 g/mol. The maximum absolute atomic E-state index is 12.3. The Bertz CT molecular complexity index is 852. The third-order valence-electron chi connectivity index (χ3n) is 2.73. The summed E-state index contributed by atoms with van der Waals surface area (Å²) in [5.74, 6) is -0.0908. The first kappa shape index (κ1) is 16.5. The number of hydrogen-bond donors (Lipinski definition) is 0. The Balaban J connectivity index is 2.51. The SMILES string of the molecule is Cc1cccc([N+](=O)[O-])c1S(=O)(=O)Oc1ccc(Cl)c(Cl)c1. The zero-order valence-corrected chi connectivity index (χ0v) is 13.4. The zero-order valence-electron chi connectivity index (χ0n) is 11.1. The molecule has 0 saturated heterocycles. The molecule has 0 radical (unpaired) electrons. The minimum atomic E-state index is -4.39. The van der Waals surface area contributed by atoms with Gasteiger partial charge in [-0.3, -0.25) is 10.1 Å². The van der Waals surface area contributed by atoms with Gasteiger partial charge in [0.25, 0.3) is 5.69 Å². The Morgan fingerprint density at radius 3 is 2.41 bits per heavy atom. The first-order valence-corrected chi connectivity index (χ1v) is 8.02. The zero-order chi connectivity index (χ0) is 16.5. The predicted molar refractivity (Wildman–Crippen MR) is 82.1 cm³/mol. The van der Waals surface area contributed by atoms with E-state index in [9.17, 15) is 18.5 Å². The average Bonchev–Trinajstić information content (AvgIpc) is 2.42. The summed E-state index contributed by atoms with van der Waals surface area (Å²) < 4.78 is 29.6. The van der Waals surface area contributed by atoms with Gasteiger partial charge in [-0.25, -0.2) is 0 Å². The molecule has 0 atom stereocenters. The first-order chi connectivity index (χ1) is 10.2. The van der Waals surface area contributed by atoms with E-state index in [-0.39, 0.29) is 21.4 Å². The molecule has 0 N–H and O–H groups in total. The van der Waals surface area contributed by atoms with Gasteiger partial charge in [0.05, 0.1) is 15.0 Å². The lowest BCUT2D eigenvalue weighted by atomic mass is 10.2. The molecule has 6 nitrogen and oxygen atoms in total. The van der Waals surface area contributed by atoms with Crippen molar-refractivity contribution in [2.75, 3.05) is 0 Å². The molecule has 0 unspecified atom stereocenters. The van der Waals surface area contributed by atoms with Crippen molar-refractivity contribution in [2.24, 2.45) is 0 Å². The first-order valence-electron chi connectivity index (χ1n) is 5.86. The second-order valence-electron chi connectivity index (χ2n) is 4.29. The second kappa shape index (κ2) is 6.12. The molecule has 2 aromatic carbocycles. The number of nitro groups is 1. The minimum absolute atomic E-state index is 0.0908. The van der Waals surface area contributed by atoms with Gasteiger partial charge < -0.3 is 4.18 Å². The van der Waals surface area contributed by atoms with E-state index in [0.717, 1.165) is 6.07 Å². The van der Waals surface area contributed by atoms with Crippen molar-refractivity contribution in [1.82, 2.24) is 0 Å². The van der Waals surface area contributed by atoms with Crippen LogP contribution in [0.15, 0.2) is 41.3 Å². The smallest absolute Gasteiger partial charge is 0.346 e. The summed E-state index contributed by atoms with van der Waals surface area (Å²) in [5.41, 5.74) is -0.352. The lowest BCUT2D eigenvalue weighted by Gasteiger charge is -2.10. The summed E-state index contributed by atoms with van der Waals surface area (Å²) in [6, 6.07) is 7.81. The quantitative estimate of drug-likeness (QED) is 0.467. The summed E-state index contributed by atoms with van der Waals surface area (Å²) >= 11 is 11.5. The molecule has 0 fully saturated rings. The molecule has 0 aliphatic heterocycles. The molecular formula is C13H9Cl2NO5S. The molecule has 116 valence electrons. The van der Waals surface area contributed by atoms with Crippen LogP contribution in [0.2, 0.25) is 10.0 Å². The van der Waals surface area contributed by atoms with Crippen LogP contribution in [0.25, 0.3) is 0 Å². The van der Waals surface area contributed by atoms with Crippen LogP contribution in [0.1, 0.15) is 5.56 Å². The highest BCUT2D eigenvalue weighted by Gasteiger charge is 2.29.